The molecule has 1 aliphatic heterocycles. The molecular weight excluding hydrogens is 352 g/mol. The standard InChI is InChI=1S/C22H24N4O2/c1-22(2,3)16-6-4-5-7-17(16)25-21-23-11-10-20(26-21)24-13-15-8-9-18-19(12-15)28-14-27-18/h4-12H,13-14H2,1-3H3,(H2,23,24,25,26). The Bertz CT molecular complexity index is 982. The quantitative estimate of drug-likeness (QED) is 0.663. The molecule has 3 aromatic rings. The molecular formula is C22H24N4O2. The van der Waals surface area contributed by atoms with Crippen LogP contribution in [0.5, 0.6) is 11.5 Å². The van der Waals surface area contributed by atoms with E-state index in [1.807, 2.05) is 30.3 Å². The van der Waals surface area contributed by atoms with Gasteiger partial charge in [-0.2, -0.15) is 4.98 Å². The fourth-order valence-electron chi connectivity index (χ4n) is 3.13. The molecule has 0 spiro atoms. The van der Waals surface area contributed by atoms with Gasteiger partial charge in [-0.25, -0.2) is 4.98 Å². The van der Waals surface area contributed by atoms with Crippen LogP contribution in [0.4, 0.5) is 17.5 Å². The predicted octanol–water partition coefficient (Wildman–Crippen LogP) is 4.86. The number of nitrogens with zero attached hydrogens (tertiary/aromatic N) is 2. The fraction of sp³-hybridized carbons (Fsp3) is 0.273. The van der Waals surface area contributed by atoms with Crippen molar-refractivity contribution in [3.8, 4) is 11.5 Å². The van der Waals surface area contributed by atoms with E-state index in [9.17, 15) is 0 Å². The molecule has 0 unspecified atom stereocenters. The highest BCUT2D eigenvalue weighted by atomic mass is 16.7. The van der Waals surface area contributed by atoms with E-state index in [2.05, 4.69) is 59.6 Å². The number of para-hydroxylation sites is 1. The molecule has 2 heterocycles. The lowest BCUT2D eigenvalue weighted by Crippen LogP contribution is -2.14. The first-order chi connectivity index (χ1) is 13.5. The molecule has 0 saturated carbocycles. The van der Waals surface area contributed by atoms with Gasteiger partial charge in [0.2, 0.25) is 12.7 Å². The number of anilines is 3. The van der Waals surface area contributed by atoms with Crippen LogP contribution >= 0.6 is 0 Å². The van der Waals surface area contributed by atoms with Crippen LogP contribution in [-0.4, -0.2) is 16.8 Å². The molecule has 2 N–H and O–H groups in total. The summed E-state index contributed by atoms with van der Waals surface area (Å²) in [6, 6.07) is 16.0. The summed E-state index contributed by atoms with van der Waals surface area (Å²) in [5.41, 5.74) is 3.36. The summed E-state index contributed by atoms with van der Waals surface area (Å²) in [6.07, 6.45) is 1.75. The normalized spacial score (nSPS) is 12.7. The highest BCUT2D eigenvalue weighted by Gasteiger charge is 2.18. The summed E-state index contributed by atoms with van der Waals surface area (Å²) in [6.45, 7) is 7.49. The van der Waals surface area contributed by atoms with E-state index in [1.54, 1.807) is 6.20 Å². The molecule has 1 aliphatic rings. The van der Waals surface area contributed by atoms with Gasteiger partial charge in [-0.3, -0.25) is 0 Å². The Morgan fingerprint density at radius 3 is 2.68 bits per heavy atom. The number of nitrogens with one attached hydrogen (secondary N) is 2. The minimum atomic E-state index is 0.0266. The van der Waals surface area contributed by atoms with E-state index in [4.69, 9.17) is 9.47 Å². The molecule has 6 heteroatoms. The van der Waals surface area contributed by atoms with Crippen molar-refractivity contribution in [2.24, 2.45) is 0 Å². The zero-order chi connectivity index (χ0) is 19.6. The summed E-state index contributed by atoms with van der Waals surface area (Å²) >= 11 is 0. The third-order valence-corrected chi connectivity index (χ3v) is 4.55. The van der Waals surface area contributed by atoms with Crippen LogP contribution in [-0.2, 0) is 12.0 Å². The molecule has 0 bridgehead atoms. The lowest BCUT2D eigenvalue weighted by Gasteiger charge is -2.23. The van der Waals surface area contributed by atoms with Crippen molar-refractivity contribution in [3.63, 3.8) is 0 Å². The van der Waals surface area contributed by atoms with Crippen molar-refractivity contribution < 1.29 is 9.47 Å². The molecule has 28 heavy (non-hydrogen) atoms. The number of hydrogen-bond donors (Lipinski definition) is 2. The zero-order valence-corrected chi connectivity index (χ0v) is 16.3. The lowest BCUT2D eigenvalue weighted by atomic mass is 9.86. The van der Waals surface area contributed by atoms with E-state index in [1.165, 1.54) is 5.56 Å². The van der Waals surface area contributed by atoms with Gasteiger partial charge in [0, 0.05) is 18.4 Å². The molecule has 2 aromatic carbocycles. The van der Waals surface area contributed by atoms with Crippen LogP contribution in [0.15, 0.2) is 54.7 Å². The summed E-state index contributed by atoms with van der Waals surface area (Å²) in [7, 11) is 0. The molecule has 144 valence electrons. The molecule has 6 nitrogen and oxygen atoms in total. The Morgan fingerprint density at radius 1 is 1.00 bits per heavy atom. The van der Waals surface area contributed by atoms with Crippen LogP contribution in [0.3, 0.4) is 0 Å². The van der Waals surface area contributed by atoms with Gasteiger partial charge >= 0.3 is 0 Å². The second-order valence-corrected chi connectivity index (χ2v) is 7.73. The maximum atomic E-state index is 5.43. The van der Waals surface area contributed by atoms with Gasteiger partial charge < -0.3 is 20.1 Å². The van der Waals surface area contributed by atoms with E-state index in [0.717, 1.165) is 28.6 Å². The summed E-state index contributed by atoms with van der Waals surface area (Å²) in [5.74, 6) is 2.88. The van der Waals surface area contributed by atoms with Gasteiger partial charge in [0.1, 0.15) is 5.82 Å². The number of benzene rings is 2. The maximum Gasteiger partial charge on any atom is 0.231 e. The molecule has 1 aromatic heterocycles. The molecule has 0 saturated heterocycles. The summed E-state index contributed by atoms with van der Waals surface area (Å²) < 4.78 is 10.8. The van der Waals surface area contributed by atoms with Crippen LogP contribution in [0.25, 0.3) is 0 Å². The first-order valence-corrected chi connectivity index (χ1v) is 9.31. The first-order valence-electron chi connectivity index (χ1n) is 9.31. The lowest BCUT2D eigenvalue weighted by molar-refractivity contribution is 0.174. The maximum absolute atomic E-state index is 5.43. The van der Waals surface area contributed by atoms with E-state index in [0.29, 0.717) is 12.5 Å². The molecule has 0 aliphatic carbocycles. The van der Waals surface area contributed by atoms with Crippen molar-refractivity contribution in [1.82, 2.24) is 9.97 Å². The van der Waals surface area contributed by atoms with Gasteiger partial charge in [0.25, 0.3) is 0 Å². The number of ether oxygens (including phenoxy) is 2. The predicted molar refractivity (Wildman–Crippen MR) is 110 cm³/mol. The molecule has 0 atom stereocenters. The largest absolute Gasteiger partial charge is 0.454 e. The monoisotopic (exact) mass is 376 g/mol. The highest BCUT2D eigenvalue weighted by Crippen LogP contribution is 2.33. The van der Waals surface area contributed by atoms with Crippen LogP contribution in [0, 0.1) is 0 Å². The highest BCUT2D eigenvalue weighted by molar-refractivity contribution is 5.61. The van der Waals surface area contributed by atoms with Crippen LogP contribution in [0.1, 0.15) is 31.9 Å². The second kappa shape index (κ2) is 7.38. The summed E-state index contributed by atoms with van der Waals surface area (Å²) in [5, 5.41) is 6.69. The fourth-order valence-corrected chi connectivity index (χ4v) is 3.13. The van der Waals surface area contributed by atoms with Crippen LogP contribution < -0.4 is 20.1 Å². The van der Waals surface area contributed by atoms with Gasteiger partial charge in [0.05, 0.1) is 0 Å². The number of aromatic nitrogens is 2. The van der Waals surface area contributed by atoms with Gasteiger partial charge in [-0.1, -0.05) is 45.0 Å². The van der Waals surface area contributed by atoms with Crippen molar-refractivity contribution in [1.29, 1.82) is 0 Å². The van der Waals surface area contributed by atoms with Gasteiger partial charge in [-0.05, 0) is 40.8 Å². The van der Waals surface area contributed by atoms with Crippen molar-refractivity contribution in [3.05, 3.63) is 65.9 Å². The second-order valence-electron chi connectivity index (χ2n) is 7.73. The summed E-state index contributed by atoms with van der Waals surface area (Å²) in [4.78, 5) is 8.95. The van der Waals surface area contributed by atoms with Crippen LogP contribution in [0.2, 0.25) is 0 Å². The smallest absolute Gasteiger partial charge is 0.231 e. The van der Waals surface area contributed by atoms with E-state index < -0.39 is 0 Å². The van der Waals surface area contributed by atoms with Gasteiger partial charge in [-0.15, -0.1) is 0 Å². The Balaban J connectivity index is 1.47. The minimum Gasteiger partial charge on any atom is -0.454 e. The zero-order valence-electron chi connectivity index (χ0n) is 16.3. The Hall–Kier alpha value is -3.28. The topological polar surface area (TPSA) is 68.3 Å². The van der Waals surface area contributed by atoms with Crippen molar-refractivity contribution in [2.75, 3.05) is 17.4 Å². The molecule has 0 fully saturated rings. The number of hydrogen-bond acceptors (Lipinski definition) is 6. The third kappa shape index (κ3) is 4.01. The molecule has 0 radical (unpaired) electrons. The molecule has 0 amide bonds. The van der Waals surface area contributed by atoms with Crippen molar-refractivity contribution in [2.45, 2.75) is 32.7 Å². The van der Waals surface area contributed by atoms with Gasteiger partial charge in [0.15, 0.2) is 11.5 Å². The Morgan fingerprint density at radius 2 is 1.82 bits per heavy atom. The molecule has 4 rings (SSSR count). The third-order valence-electron chi connectivity index (χ3n) is 4.55. The number of rotatable bonds is 5. The Labute approximate surface area is 164 Å². The minimum absolute atomic E-state index is 0.0266. The Kier molecular flexibility index (Phi) is 4.77. The van der Waals surface area contributed by atoms with E-state index in [-0.39, 0.29) is 12.2 Å². The average Bonchev–Trinajstić information content (AvgIpc) is 3.14. The average molecular weight is 376 g/mol. The first kappa shape index (κ1) is 18.1. The SMILES string of the molecule is CC(C)(C)c1ccccc1Nc1nccc(NCc2ccc3c(c2)OCO3)n1. The number of fused-ring (bicyclic) bond motifs is 1. The van der Waals surface area contributed by atoms with E-state index >= 15 is 0 Å². The van der Waals surface area contributed by atoms with Crippen molar-refractivity contribution >= 4 is 17.5 Å².